The molecule has 0 aromatic carbocycles. The number of hydrogen-bond donors (Lipinski definition) is 1. The summed E-state index contributed by atoms with van der Waals surface area (Å²) in [6.45, 7) is 3.19. The van der Waals surface area contributed by atoms with Crippen LogP contribution in [0.1, 0.15) is 71.1 Å². The second-order valence-electron chi connectivity index (χ2n) is 9.35. The Kier molecular flexibility index (Phi) is 3.21. The second kappa shape index (κ2) is 4.72. The van der Waals surface area contributed by atoms with Crippen LogP contribution in [0.5, 0.6) is 0 Å². The number of aliphatic hydroxyl groups is 1. The van der Waals surface area contributed by atoms with Crippen molar-refractivity contribution >= 4 is 5.91 Å². The van der Waals surface area contributed by atoms with Gasteiger partial charge >= 0.3 is 0 Å². The van der Waals surface area contributed by atoms with Crippen LogP contribution >= 0.6 is 0 Å². The van der Waals surface area contributed by atoms with Crippen LogP contribution in [-0.2, 0) is 4.79 Å². The van der Waals surface area contributed by atoms with Crippen LogP contribution in [0.3, 0.4) is 0 Å². The first-order chi connectivity index (χ1) is 10.4. The number of carbonyl (C=O) groups is 1. The largest absolute Gasteiger partial charge is 0.390 e. The van der Waals surface area contributed by atoms with Crippen molar-refractivity contribution in [3.8, 4) is 0 Å². The molecule has 4 unspecified atom stereocenters. The van der Waals surface area contributed by atoms with Crippen molar-refractivity contribution in [2.75, 3.05) is 13.6 Å². The van der Waals surface area contributed by atoms with Crippen molar-refractivity contribution in [3.63, 3.8) is 0 Å². The summed E-state index contributed by atoms with van der Waals surface area (Å²) in [6, 6.07) is 0. The third kappa shape index (κ3) is 2.15. The summed E-state index contributed by atoms with van der Waals surface area (Å²) in [5.74, 6) is 1.65. The maximum absolute atomic E-state index is 13.3. The first-order valence-electron chi connectivity index (χ1n) is 9.36. The molecule has 0 aromatic rings. The van der Waals surface area contributed by atoms with E-state index in [4.69, 9.17) is 0 Å². The third-order valence-corrected chi connectivity index (χ3v) is 7.46. The molecule has 0 radical (unpaired) electrons. The monoisotopic (exact) mass is 305 g/mol. The smallest absolute Gasteiger partial charge is 0.228 e. The third-order valence-electron chi connectivity index (χ3n) is 7.46. The Balaban J connectivity index is 1.58. The van der Waals surface area contributed by atoms with Crippen LogP contribution in [0.15, 0.2) is 0 Å². The van der Waals surface area contributed by atoms with E-state index in [1.165, 1.54) is 25.7 Å². The van der Waals surface area contributed by atoms with Crippen LogP contribution in [0.25, 0.3) is 0 Å². The minimum atomic E-state index is -0.553. The lowest BCUT2D eigenvalue weighted by Crippen LogP contribution is -2.64. The van der Waals surface area contributed by atoms with E-state index in [0.717, 1.165) is 51.0 Å². The van der Waals surface area contributed by atoms with E-state index < -0.39 is 5.60 Å². The SMILES string of the molecule is CCC12CC3CC(O)(C1)CC(C(=O)N(C)CC1CCC1)(C3)C2. The van der Waals surface area contributed by atoms with E-state index >= 15 is 0 Å². The average Bonchev–Trinajstić information content (AvgIpc) is 2.39. The highest BCUT2D eigenvalue weighted by atomic mass is 16.3. The lowest BCUT2D eigenvalue weighted by Gasteiger charge is -2.64. The van der Waals surface area contributed by atoms with Crippen LogP contribution in [-0.4, -0.2) is 35.1 Å². The number of hydrogen-bond acceptors (Lipinski definition) is 2. The molecule has 5 aliphatic rings. The fourth-order valence-electron chi connectivity index (χ4n) is 6.77. The van der Waals surface area contributed by atoms with Gasteiger partial charge in [0.15, 0.2) is 0 Å². The van der Waals surface area contributed by atoms with Gasteiger partial charge in [-0.1, -0.05) is 19.8 Å². The molecule has 4 bridgehead atoms. The van der Waals surface area contributed by atoms with Crippen molar-refractivity contribution in [1.82, 2.24) is 4.90 Å². The summed E-state index contributed by atoms with van der Waals surface area (Å²) in [4.78, 5) is 15.3. The minimum Gasteiger partial charge on any atom is -0.390 e. The Labute approximate surface area is 134 Å². The predicted octanol–water partition coefficient (Wildman–Crippen LogP) is 3.36. The summed E-state index contributed by atoms with van der Waals surface area (Å²) in [5.41, 5.74) is -0.563. The summed E-state index contributed by atoms with van der Waals surface area (Å²) in [6.07, 6.45) is 10.9. The summed E-state index contributed by atoms with van der Waals surface area (Å²) in [5, 5.41) is 11.1. The Bertz CT molecular complexity index is 488. The van der Waals surface area contributed by atoms with Crippen molar-refractivity contribution in [1.29, 1.82) is 0 Å². The summed E-state index contributed by atoms with van der Waals surface area (Å²) < 4.78 is 0. The molecular weight excluding hydrogens is 274 g/mol. The molecule has 1 N–H and O–H groups in total. The van der Waals surface area contributed by atoms with Gasteiger partial charge in [0.25, 0.3) is 0 Å². The Morgan fingerprint density at radius 2 is 1.95 bits per heavy atom. The van der Waals surface area contributed by atoms with E-state index in [9.17, 15) is 9.90 Å². The molecule has 5 rings (SSSR count). The maximum Gasteiger partial charge on any atom is 0.228 e. The van der Waals surface area contributed by atoms with Crippen molar-refractivity contribution < 1.29 is 9.90 Å². The van der Waals surface area contributed by atoms with E-state index in [0.29, 0.717) is 11.8 Å². The van der Waals surface area contributed by atoms with Gasteiger partial charge in [-0.2, -0.15) is 0 Å². The van der Waals surface area contributed by atoms with Gasteiger partial charge in [0.2, 0.25) is 5.91 Å². The number of carbonyl (C=O) groups excluding carboxylic acids is 1. The maximum atomic E-state index is 13.3. The van der Waals surface area contributed by atoms with Crippen molar-refractivity contribution in [2.24, 2.45) is 22.7 Å². The van der Waals surface area contributed by atoms with E-state index in [1.807, 2.05) is 11.9 Å². The molecule has 1 amide bonds. The first kappa shape index (κ1) is 15.0. The van der Waals surface area contributed by atoms with E-state index in [2.05, 4.69) is 6.92 Å². The Morgan fingerprint density at radius 3 is 2.55 bits per heavy atom. The molecule has 0 spiro atoms. The minimum absolute atomic E-state index is 0.237. The highest BCUT2D eigenvalue weighted by Crippen LogP contribution is 2.67. The molecule has 5 fully saturated rings. The zero-order valence-electron chi connectivity index (χ0n) is 14.2. The normalized spacial score (nSPS) is 46.6. The quantitative estimate of drug-likeness (QED) is 0.865. The van der Waals surface area contributed by atoms with Gasteiger partial charge in [0.1, 0.15) is 0 Å². The fourth-order valence-corrected chi connectivity index (χ4v) is 6.77. The molecular formula is C19H31NO2. The molecule has 3 heteroatoms. The molecule has 22 heavy (non-hydrogen) atoms. The lowest BCUT2D eigenvalue weighted by molar-refractivity contribution is -0.209. The van der Waals surface area contributed by atoms with E-state index in [-0.39, 0.29) is 10.8 Å². The molecule has 0 aliphatic heterocycles. The van der Waals surface area contributed by atoms with Crippen LogP contribution < -0.4 is 0 Å². The van der Waals surface area contributed by atoms with Crippen LogP contribution in [0.2, 0.25) is 0 Å². The number of nitrogens with zero attached hydrogens (tertiary/aromatic N) is 1. The topological polar surface area (TPSA) is 40.5 Å². The van der Waals surface area contributed by atoms with Gasteiger partial charge in [-0.05, 0) is 68.6 Å². The van der Waals surface area contributed by atoms with Gasteiger partial charge in [-0.3, -0.25) is 4.79 Å². The summed E-state index contributed by atoms with van der Waals surface area (Å²) in [7, 11) is 2.00. The molecule has 3 nitrogen and oxygen atoms in total. The standard InChI is InChI=1S/C19H31NO2/c1-3-17-7-15-8-18(11-17,13-19(22,9-15)12-17)16(21)20(2)10-14-5-4-6-14/h14-15,22H,3-13H2,1-2H3. The molecule has 0 heterocycles. The predicted molar refractivity (Wildman–Crippen MR) is 86.3 cm³/mol. The van der Waals surface area contributed by atoms with Crippen molar-refractivity contribution in [2.45, 2.75) is 76.7 Å². The highest BCUT2D eigenvalue weighted by Gasteiger charge is 2.65. The molecule has 0 saturated heterocycles. The fraction of sp³-hybridized carbons (Fsp3) is 0.947. The molecule has 124 valence electrons. The zero-order valence-corrected chi connectivity index (χ0v) is 14.2. The summed E-state index contributed by atoms with van der Waals surface area (Å²) >= 11 is 0. The Morgan fingerprint density at radius 1 is 1.18 bits per heavy atom. The average molecular weight is 305 g/mol. The lowest BCUT2D eigenvalue weighted by atomic mass is 9.42. The molecule has 5 saturated carbocycles. The first-order valence-corrected chi connectivity index (χ1v) is 9.36. The van der Waals surface area contributed by atoms with Crippen LogP contribution in [0, 0.1) is 22.7 Å². The zero-order chi connectivity index (χ0) is 15.6. The molecule has 0 aromatic heterocycles. The van der Waals surface area contributed by atoms with Gasteiger partial charge in [0.05, 0.1) is 11.0 Å². The van der Waals surface area contributed by atoms with E-state index in [1.54, 1.807) is 0 Å². The van der Waals surface area contributed by atoms with Crippen LogP contribution in [0.4, 0.5) is 0 Å². The van der Waals surface area contributed by atoms with Gasteiger partial charge in [-0.15, -0.1) is 0 Å². The van der Waals surface area contributed by atoms with Crippen molar-refractivity contribution in [3.05, 3.63) is 0 Å². The molecule has 5 aliphatic carbocycles. The van der Waals surface area contributed by atoms with Gasteiger partial charge in [-0.25, -0.2) is 0 Å². The molecule has 4 atom stereocenters. The van der Waals surface area contributed by atoms with Gasteiger partial charge < -0.3 is 10.0 Å². The number of rotatable bonds is 4. The Hall–Kier alpha value is -0.570. The number of amides is 1. The highest BCUT2D eigenvalue weighted by molar-refractivity contribution is 5.83. The second-order valence-corrected chi connectivity index (χ2v) is 9.35. The van der Waals surface area contributed by atoms with Gasteiger partial charge in [0, 0.05) is 13.6 Å².